The second kappa shape index (κ2) is 72.7. The van der Waals surface area contributed by atoms with Crippen LogP contribution in [0.3, 0.4) is 0 Å². The summed E-state index contributed by atoms with van der Waals surface area (Å²) < 4.78 is 9.79. The molecule has 0 aromatic rings. The van der Waals surface area contributed by atoms with Gasteiger partial charge in [-0.1, -0.05) is 311 Å². The van der Waals surface area contributed by atoms with Crippen molar-refractivity contribution >= 4 is 47.8 Å². The number of rotatable bonds is 48. The number of carboxylic acids is 2. The molecule has 0 fully saturated rings. The fraction of sp³-hybridized carbons (Fsp3) is 0.833. The first-order valence-electron chi connectivity index (χ1n) is 28.9. The van der Waals surface area contributed by atoms with Crippen molar-refractivity contribution in [3.05, 3.63) is 38.2 Å². The summed E-state index contributed by atoms with van der Waals surface area (Å²) >= 11 is 0. The SMILES string of the molecule is CCCCCCCCCCCCCCCCCCOC(=O)/C=C\C(=O)[O-].CCCCCCCCCCCCCCCCCCOC(=O)/C=C\C(=O)[O-].[CH2]CCCCCCC.[CH2]CCCCCCC.[Sn+2]. The van der Waals surface area contributed by atoms with Crippen molar-refractivity contribution in [2.45, 2.75) is 310 Å². The van der Waals surface area contributed by atoms with Crippen LogP contribution >= 0.6 is 0 Å². The molecule has 0 spiro atoms. The van der Waals surface area contributed by atoms with E-state index in [1.807, 2.05) is 0 Å². The van der Waals surface area contributed by atoms with Crippen LogP contribution in [0.25, 0.3) is 0 Å². The van der Waals surface area contributed by atoms with Crippen molar-refractivity contribution in [3.63, 3.8) is 0 Å². The zero-order valence-electron chi connectivity index (χ0n) is 46.0. The quantitative estimate of drug-likeness (QED) is 0.0255. The Morgan fingerprint density at radius 1 is 0.304 bits per heavy atom. The van der Waals surface area contributed by atoms with Crippen molar-refractivity contribution in [2.24, 2.45) is 0 Å². The molecule has 9 heteroatoms. The Morgan fingerprint density at radius 2 is 0.478 bits per heavy atom. The maximum Gasteiger partial charge on any atom is 2.00 e. The fourth-order valence-electron chi connectivity index (χ4n) is 7.57. The van der Waals surface area contributed by atoms with E-state index in [0.717, 1.165) is 50.7 Å². The van der Waals surface area contributed by atoms with Crippen LogP contribution in [0.1, 0.15) is 310 Å². The van der Waals surface area contributed by atoms with Crippen LogP contribution in [-0.4, -0.2) is 61.0 Å². The Kier molecular flexibility index (Phi) is 80.2. The third kappa shape index (κ3) is 86.4. The second-order valence-electron chi connectivity index (χ2n) is 18.8. The molecule has 404 valence electrons. The van der Waals surface area contributed by atoms with Gasteiger partial charge in [0.05, 0.1) is 25.2 Å². The van der Waals surface area contributed by atoms with Crippen LogP contribution in [0.15, 0.2) is 24.3 Å². The number of carbonyl (C=O) groups excluding carboxylic acids is 4. The van der Waals surface area contributed by atoms with E-state index in [2.05, 4.69) is 41.5 Å². The first kappa shape index (κ1) is 76.1. The van der Waals surface area contributed by atoms with E-state index in [9.17, 15) is 29.4 Å². The molecule has 0 rings (SSSR count). The maximum absolute atomic E-state index is 11.1. The monoisotopic (exact) mass is 1080 g/mol. The zero-order valence-corrected chi connectivity index (χ0v) is 48.9. The number of ether oxygens (including phenoxy) is 2. The van der Waals surface area contributed by atoms with Crippen LogP contribution in [0.4, 0.5) is 0 Å². The summed E-state index contributed by atoms with van der Waals surface area (Å²) in [5.41, 5.74) is 0. The number of aliphatic carboxylic acids is 2. The number of hydrogen-bond acceptors (Lipinski definition) is 8. The van der Waals surface area contributed by atoms with E-state index in [1.54, 1.807) is 0 Å². The molecule has 0 bridgehead atoms. The minimum Gasteiger partial charge on any atom is -0.545 e. The molecule has 0 aliphatic carbocycles. The number of unbranched alkanes of at least 4 members (excludes halogenated alkanes) is 40. The van der Waals surface area contributed by atoms with Crippen molar-refractivity contribution < 1.29 is 38.9 Å². The summed E-state index contributed by atoms with van der Waals surface area (Å²) in [5.74, 6) is -4.00. The Hall–Kier alpha value is -1.84. The second-order valence-corrected chi connectivity index (χ2v) is 18.8. The number of carbonyl (C=O) groups is 4. The number of hydrogen-bond donors (Lipinski definition) is 0. The van der Waals surface area contributed by atoms with E-state index in [4.69, 9.17) is 9.47 Å². The molecule has 4 radical (unpaired) electrons. The molecule has 0 aliphatic rings. The summed E-state index contributed by atoms with van der Waals surface area (Å²) in [6.07, 6.45) is 60.9. The minimum absolute atomic E-state index is 0. The number of carboxylic acid groups (broad SMARTS) is 2. The predicted molar refractivity (Wildman–Crippen MR) is 293 cm³/mol. The van der Waals surface area contributed by atoms with E-state index in [1.165, 1.54) is 244 Å². The van der Waals surface area contributed by atoms with E-state index >= 15 is 0 Å². The Balaban J connectivity index is -0.000000297. The van der Waals surface area contributed by atoms with Gasteiger partial charge in [-0.15, -0.1) is 0 Å². The minimum atomic E-state index is -1.38. The van der Waals surface area contributed by atoms with Crippen molar-refractivity contribution in [1.29, 1.82) is 0 Å². The Bertz CT molecular complexity index is 968. The third-order valence-corrected chi connectivity index (χ3v) is 11.9. The summed E-state index contributed by atoms with van der Waals surface area (Å²) in [6.45, 7) is 17.3. The van der Waals surface area contributed by atoms with Gasteiger partial charge in [-0.2, -0.15) is 0 Å². The van der Waals surface area contributed by atoms with Gasteiger partial charge in [0.25, 0.3) is 0 Å². The van der Waals surface area contributed by atoms with E-state index in [-0.39, 0.29) is 23.9 Å². The molecule has 0 unspecified atom stereocenters. The molecular formula is C60H112O8Sn. The van der Waals surface area contributed by atoms with Gasteiger partial charge in [0.2, 0.25) is 0 Å². The van der Waals surface area contributed by atoms with Gasteiger partial charge in [-0.3, -0.25) is 0 Å². The van der Waals surface area contributed by atoms with Gasteiger partial charge in [-0.05, 0) is 25.0 Å². The van der Waals surface area contributed by atoms with Crippen molar-refractivity contribution in [1.82, 2.24) is 0 Å². The summed E-state index contributed by atoms with van der Waals surface area (Å²) in [4.78, 5) is 42.5. The zero-order chi connectivity index (χ0) is 51.1. The summed E-state index contributed by atoms with van der Waals surface area (Å²) in [7, 11) is 0. The molecular weight excluding hydrogens is 967 g/mol. The molecule has 0 atom stereocenters. The van der Waals surface area contributed by atoms with Gasteiger partial charge in [-0.25, -0.2) is 9.59 Å². The largest absolute Gasteiger partial charge is 2.00 e. The molecule has 0 N–H and O–H groups in total. The maximum atomic E-state index is 11.1. The smallest absolute Gasteiger partial charge is 0.545 e. The summed E-state index contributed by atoms with van der Waals surface area (Å²) in [5, 5.41) is 20.3. The van der Waals surface area contributed by atoms with Gasteiger partial charge >= 0.3 is 35.8 Å². The molecule has 69 heavy (non-hydrogen) atoms. The fourth-order valence-corrected chi connectivity index (χ4v) is 7.57. The number of esters is 2. The Morgan fingerprint density at radius 3 is 0.652 bits per heavy atom. The van der Waals surface area contributed by atoms with Gasteiger partial charge in [0.15, 0.2) is 0 Å². The van der Waals surface area contributed by atoms with Crippen LogP contribution in [-0.2, 0) is 28.7 Å². The molecule has 0 aliphatic heterocycles. The first-order chi connectivity index (χ1) is 33.2. The molecule has 0 aromatic heterocycles. The van der Waals surface area contributed by atoms with Gasteiger partial charge < -0.3 is 29.3 Å². The van der Waals surface area contributed by atoms with Crippen LogP contribution in [0.2, 0.25) is 0 Å². The molecule has 0 saturated heterocycles. The average Bonchev–Trinajstić information content (AvgIpc) is 3.33. The molecule has 0 heterocycles. The summed E-state index contributed by atoms with van der Waals surface area (Å²) in [6, 6.07) is 0. The molecule has 0 aromatic carbocycles. The van der Waals surface area contributed by atoms with Gasteiger partial charge in [0, 0.05) is 12.2 Å². The van der Waals surface area contributed by atoms with E-state index < -0.39 is 23.9 Å². The van der Waals surface area contributed by atoms with Crippen molar-refractivity contribution in [2.75, 3.05) is 13.2 Å². The Labute approximate surface area is 445 Å². The standard InChI is InChI=1S/2C22H40O4.2C8H17.Sn/c2*1-2-3-4-5-6-7-8-9-10-11-12-13-14-15-16-17-20-26-22(25)19-18-21(23)24;2*1-3-5-7-8-6-4-2;/h2*18-19H,2-17,20H2,1H3,(H,23,24);2*1,3-8H2,2H3;/q;;;;+2/p-2/b2*19-18-;;;. The average molecular weight is 1080 g/mol. The predicted octanol–water partition coefficient (Wildman–Crippen LogP) is 16.2. The van der Waals surface area contributed by atoms with Crippen LogP contribution in [0, 0.1) is 13.8 Å². The first-order valence-corrected chi connectivity index (χ1v) is 28.9. The topological polar surface area (TPSA) is 133 Å². The van der Waals surface area contributed by atoms with E-state index in [0.29, 0.717) is 25.4 Å². The van der Waals surface area contributed by atoms with Crippen LogP contribution in [0.5, 0.6) is 0 Å². The molecule has 0 saturated carbocycles. The molecule has 0 amide bonds. The third-order valence-electron chi connectivity index (χ3n) is 11.9. The van der Waals surface area contributed by atoms with Gasteiger partial charge in [0.1, 0.15) is 0 Å². The van der Waals surface area contributed by atoms with Crippen LogP contribution < -0.4 is 10.2 Å². The normalized spacial score (nSPS) is 10.6. The molecule has 8 nitrogen and oxygen atoms in total. The van der Waals surface area contributed by atoms with Crippen molar-refractivity contribution in [3.8, 4) is 0 Å².